The van der Waals surface area contributed by atoms with Crippen molar-refractivity contribution in [1.82, 2.24) is 29.9 Å². The molecule has 0 spiro atoms. The van der Waals surface area contributed by atoms with Gasteiger partial charge in [0.05, 0.1) is 0 Å². The highest BCUT2D eigenvalue weighted by molar-refractivity contribution is 7.15. The van der Waals surface area contributed by atoms with Crippen molar-refractivity contribution in [2.75, 3.05) is 25.0 Å². The molecule has 0 unspecified atom stereocenters. The first-order valence-electron chi connectivity index (χ1n) is 9.09. The second kappa shape index (κ2) is 8.36. The molecule has 8 nitrogen and oxygen atoms in total. The number of rotatable bonds is 6. The Morgan fingerprint density at radius 1 is 1.04 bits per heavy atom. The molecule has 0 bridgehead atoms. The number of carbonyl (C=O) groups is 1. The van der Waals surface area contributed by atoms with Crippen LogP contribution in [0.1, 0.15) is 34.6 Å². The lowest BCUT2D eigenvalue weighted by molar-refractivity contribution is 0.102. The summed E-state index contributed by atoms with van der Waals surface area (Å²) in [6.07, 6.45) is 8.01. The van der Waals surface area contributed by atoms with Gasteiger partial charge in [-0.05, 0) is 50.2 Å². The summed E-state index contributed by atoms with van der Waals surface area (Å²) in [6.45, 7) is 3.36. The number of aromatic nitrogens is 5. The van der Waals surface area contributed by atoms with Crippen molar-refractivity contribution >= 4 is 22.4 Å². The molecule has 1 aliphatic rings. The van der Waals surface area contributed by atoms with Crippen LogP contribution >= 0.6 is 11.3 Å². The van der Waals surface area contributed by atoms with E-state index in [9.17, 15) is 4.79 Å². The van der Waals surface area contributed by atoms with Crippen LogP contribution in [0.3, 0.4) is 0 Å². The van der Waals surface area contributed by atoms with Crippen molar-refractivity contribution in [3.63, 3.8) is 0 Å². The first kappa shape index (κ1) is 17.7. The number of amides is 1. The molecule has 0 saturated carbocycles. The monoisotopic (exact) mass is 383 g/mol. The van der Waals surface area contributed by atoms with Gasteiger partial charge in [0.1, 0.15) is 17.7 Å². The summed E-state index contributed by atoms with van der Waals surface area (Å²) < 4.78 is 1.78. The van der Waals surface area contributed by atoms with Gasteiger partial charge in [0.15, 0.2) is 0 Å². The number of carbonyl (C=O) groups excluding carboxylic acids is 1. The lowest BCUT2D eigenvalue weighted by Crippen LogP contribution is -2.31. The smallest absolute Gasteiger partial charge is 0.257 e. The first-order chi connectivity index (χ1) is 13.3. The Kier molecular flexibility index (Phi) is 5.50. The van der Waals surface area contributed by atoms with Gasteiger partial charge >= 0.3 is 0 Å². The summed E-state index contributed by atoms with van der Waals surface area (Å²) in [7, 11) is 0. The van der Waals surface area contributed by atoms with Gasteiger partial charge in [-0.25, -0.2) is 0 Å². The van der Waals surface area contributed by atoms with Crippen LogP contribution in [-0.4, -0.2) is 55.4 Å². The van der Waals surface area contributed by atoms with Gasteiger partial charge in [0, 0.05) is 24.2 Å². The van der Waals surface area contributed by atoms with Gasteiger partial charge < -0.3 is 4.90 Å². The Hall–Kier alpha value is -2.65. The zero-order chi connectivity index (χ0) is 18.5. The second-order valence-corrected chi connectivity index (χ2v) is 7.59. The predicted molar refractivity (Wildman–Crippen MR) is 103 cm³/mol. The zero-order valence-electron chi connectivity index (χ0n) is 14.9. The summed E-state index contributed by atoms with van der Waals surface area (Å²) in [5.74, 6) is -0.191. The molecule has 3 aromatic rings. The van der Waals surface area contributed by atoms with Crippen LogP contribution in [0, 0.1) is 0 Å². The highest BCUT2D eigenvalue weighted by atomic mass is 32.1. The lowest BCUT2D eigenvalue weighted by atomic mass is 10.1. The first-order valence-corrected chi connectivity index (χ1v) is 9.91. The fraction of sp³-hybridized carbons (Fsp3) is 0.389. The zero-order valence-corrected chi connectivity index (χ0v) is 15.7. The van der Waals surface area contributed by atoms with Crippen LogP contribution in [0.25, 0.3) is 5.69 Å². The Morgan fingerprint density at radius 3 is 2.52 bits per heavy atom. The number of piperidine rings is 1. The Labute approximate surface area is 161 Å². The molecular weight excluding hydrogens is 362 g/mol. The van der Waals surface area contributed by atoms with Crippen molar-refractivity contribution in [2.24, 2.45) is 0 Å². The van der Waals surface area contributed by atoms with E-state index in [4.69, 9.17) is 0 Å². The fourth-order valence-corrected chi connectivity index (χ4v) is 3.85. The molecule has 1 aromatic carbocycles. The number of hydrogen-bond donors (Lipinski definition) is 1. The summed E-state index contributed by atoms with van der Waals surface area (Å²) in [6, 6.07) is 7.23. The highest BCUT2D eigenvalue weighted by Crippen LogP contribution is 2.18. The molecule has 27 heavy (non-hydrogen) atoms. The van der Waals surface area contributed by atoms with E-state index in [0.29, 0.717) is 10.7 Å². The third-order valence-electron chi connectivity index (χ3n) is 4.62. The third kappa shape index (κ3) is 4.55. The highest BCUT2D eigenvalue weighted by Gasteiger charge is 2.13. The van der Waals surface area contributed by atoms with Crippen molar-refractivity contribution < 1.29 is 4.79 Å². The van der Waals surface area contributed by atoms with E-state index in [1.807, 2.05) is 12.1 Å². The fourth-order valence-electron chi connectivity index (χ4n) is 3.13. The molecule has 2 aromatic heterocycles. The van der Waals surface area contributed by atoms with Crippen LogP contribution in [0.4, 0.5) is 5.13 Å². The molecule has 0 atom stereocenters. The molecule has 3 heterocycles. The van der Waals surface area contributed by atoms with Crippen LogP contribution < -0.4 is 5.32 Å². The molecule has 1 amide bonds. The molecule has 1 aliphatic heterocycles. The average molecular weight is 383 g/mol. The van der Waals surface area contributed by atoms with Crippen molar-refractivity contribution in [1.29, 1.82) is 0 Å². The maximum atomic E-state index is 12.4. The number of likely N-dealkylation sites (tertiary alicyclic amines) is 1. The minimum atomic E-state index is -0.191. The minimum absolute atomic E-state index is 0.191. The number of benzene rings is 1. The maximum absolute atomic E-state index is 12.4. The third-order valence-corrected chi connectivity index (χ3v) is 5.52. The molecule has 140 valence electrons. The van der Waals surface area contributed by atoms with Gasteiger partial charge in [0.2, 0.25) is 5.13 Å². The summed E-state index contributed by atoms with van der Waals surface area (Å²) >= 11 is 1.44. The summed E-state index contributed by atoms with van der Waals surface area (Å²) in [5, 5.41) is 20.2. The molecule has 1 fully saturated rings. The number of anilines is 1. The van der Waals surface area contributed by atoms with Gasteiger partial charge in [-0.3, -0.25) is 14.7 Å². The summed E-state index contributed by atoms with van der Waals surface area (Å²) in [5.41, 5.74) is 1.46. The molecule has 0 aliphatic carbocycles. The van der Waals surface area contributed by atoms with Gasteiger partial charge in [0.25, 0.3) is 5.91 Å². The van der Waals surface area contributed by atoms with Crippen LogP contribution in [0.15, 0.2) is 36.9 Å². The number of hydrogen-bond acceptors (Lipinski definition) is 7. The Balaban J connectivity index is 1.32. The lowest BCUT2D eigenvalue weighted by Gasteiger charge is -2.25. The van der Waals surface area contributed by atoms with E-state index in [1.54, 1.807) is 29.4 Å². The summed E-state index contributed by atoms with van der Waals surface area (Å²) in [4.78, 5) is 14.9. The van der Waals surface area contributed by atoms with Gasteiger partial charge in [-0.1, -0.05) is 17.8 Å². The van der Waals surface area contributed by atoms with E-state index in [0.717, 1.165) is 23.7 Å². The molecule has 0 radical (unpaired) electrons. The number of nitrogens with one attached hydrogen (secondary N) is 1. The van der Waals surface area contributed by atoms with E-state index < -0.39 is 0 Å². The van der Waals surface area contributed by atoms with Crippen molar-refractivity contribution in [3.8, 4) is 5.69 Å². The molecule has 1 N–H and O–H groups in total. The number of nitrogens with zero attached hydrogens (tertiary/aromatic N) is 6. The Morgan fingerprint density at radius 2 is 1.78 bits per heavy atom. The van der Waals surface area contributed by atoms with Crippen LogP contribution in [-0.2, 0) is 6.42 Å². The Bertz CT molecular complexity index is 870. The topological polar surface area (TPSA) is 88.8 Å². The van der Waals surface area contributed by atoms with E-state index in [2.05, 4.69) is 30.6 Å². The predicted octanol–water partition coefficient (Wildman–Crippen LogP) is 2.40. The largest absolute Gasteiger partial charge is 0.303 e. The molecular formula is C18H21N7OS. The maximum Gasteiger partial charge on any atom is 0.257 e. The van der Waals surface area contributed by atoms with E-state index >= 15 is 0 Å². The van der Waals surface area contributed by atoms with Gasteiger partial charge in [-0.2, -0.15) is 0 Å². The normalized spacial score (nSPS) is 15.0. The molecule has 9 heteroatoms. The van der Waals surface area contributed by atoms with E-state index in [1.165, 1.54) is 43.7 Å². The van der Waals surface area contributed by atoms with Crippen LogP contribution in [0.2, 0.25) is 0 Å². The standard InChI is InChI=1S/C18H21N7OS/c26-17(14-4-6-15(7-5-14)25-12-19-20-13-25)21-18-23-22-16(27-18)8-11-24-9-2-1-3-10-24/h4-7,12-13H,1-3,8-11H2,(H,21,23,26). The van der Waals surface area contributed by atoms with Gasteiger partial charge in [-0.15, -0.1) is 20.4 Å². The van der Waals surface area contributed by atoms with Crippen molar-refractivity contribution in [3.05, 3.63) is 47.5 Å². The second-order valence-electron chi connectivity index (χ2n) is 6.52. The van der Waals surface area contributed by atoms with Crippen LogP contribution in [0.5, 0.6) is 0 Å². The SMILES string of the molecule is O=C(Nc1nnc(CCN2CCCCC2)s1)c1ccc(-n2cnnc2)cc1. The van der Waals surface area contributed by atoms with Crippen molar-refractivity contribution in [2.45, 2.75) is 25.7 Å². The molecule has 1 saturated heterocycles. The van der Waals surface area contributed by atoms with E-state index in [-0.39, 0.29) is 5.91 Å². The minimum Gasteiger partial charge on any atom is -0.303 e. The molecule has 4 rings (SSSR count). The average Bonchev–Trinajstić information content (AvgIpc) is 3.40. The quantitative estimate of drug-likeness (QED) is 0.703.